The van der Waals surface area contributed by atoms with E-state index in [9.17, 15) is 4.79 Å². The maximum absolute atomic E-state index is 12.8. The molecule has 2 heterocycles. The van der Waals surface area contributed by atoms with Gasteiger partial charge in [-0.05, 0) is 81.2 Å². The van der Waals surface area contributed by atoms with Gasteiger partial charge in [0, 0.05) is 12.6 Å². The predicted octanol–water partition coefficient (Wildman–Crippen LogP) is 5.99. The van der Waals surface area contributed by atoms with Crippen molar-refractivity contribution in [3.05, 3.63) is 65.7 Å². The molecule has 2 aromatic rings. The van der Waals surface area contributed by atoms with Gasteiger partial charge in [-0.2, -0.15) is 0 Å². The van der Waals surface area contributed by atoms with Gasteiger partial charge >= 0.3 is 5.97 Å². The number of hydrogen-bond donors (Lipinski definition) is 0. The van der Waals surface area contributed by atoms with Crippen LogP contribution in [0.25, 0.3) is 0 Å². The molecule has 2 aliphatic heterocycles. The SMILES string of the molecule is C[C@H]1CN2CCC(C(=O)OC(C)(C)C)C[C@H]2C[C@@]1(C)c1cccc(OCc2ccccc2)c1. The standard InChI is InChI=1S/C29H39NO3/c1-21-19-30-15-14-23(27(31)33-28(2,3)4)16-25(30)18-29(21,5)24-12-9-13-26(17-24)32-20-22-10-7-6-8-11-22/h6-13,17,21,23,25H,14-16,18-20H2,1-5H3/t21-,23?,25-,29+/m0/s1. The van der Waals surface area contributed by atoms with Gasteiger partial charge in [-0.3, -0.25) is 4.79 Å². The van der Waals surface area contributed by atoms with Gasteiger partial charge < -0.3 is 14.4 Å². The number of esters is 1. The molecule has 2 aliphatic rings. The lowest BCUT2D eigenvalue weighted by Crippen LogP contribution is -2.56. The highest BCUT2D eigenvalue weighted by Crippen LogP contribution is 2.45. The van der Waals surface area contributed by atoms with E-state index in [1.54, 1.807) is 0 Å². The Labute approximate surface area is 199 Å². The Morgan fingerprint density at radius 1 is 1.12 bits per heavy atom. The largest absolute Gasteiger partial charge is 0.489 e. The molecule has 4 rings (SSSR count). The van der Waals surface area contributed by atoms with Crippen molar-refractivity contribution in [1.82, 2.24) is 4.90 Å². The maximum Gasteiger partial charge on any atom is 0.309 e. The second-order valence-corrected chi connectivity index (χ2v) is 11.2. The lowest BCUT2D eigenvalue weighted by atomic mass is 9.64. The van der Waals surface area contributed by atoms with E-state index in [1.165, 1.54) is 11.1 Å². The van der Waals surface area contributed by atoms with E-state index >= 15 is 0 Å². The number of carbonyl (C=O) groups is 1. The average Bonchev–Trinajstić information content (AvgIpc) is 2.78. The van der Waals surface area contributed by atoms with Crippen molar-refractivity contribution in [3.63, 3.8) is 0 Å². The first-order valence-electron chi connectivity index (χ1n) is 12.4. The van der Waals surface area contributed by atoms with Crippen LogP contribution in [0.3, 0.4) is 0 Å². The monoisotopic (exact) mass is 449 g/mol. The predicted molar refractivity (Wildman–Crippen MR) is 132 cm³/mol. The minimum atomic E-state index is -0.427. The van der Waals surface area contributed by atoms with Crippen molar-refractivity contribution in [1.29, 1.82) is 0 Å². The van der Waals surface area contributed by atoms with E-state index in [4.69, 9.17) is 9.47 Å². The summed E-state index contributed by atoms with van der Waals surface area (Å²) in [7, 11) is 0. The quantitative estimate of drug-likeness (QED) is 0.526. The third-order valence-electron chi connectivity index (χ3n) is 7.58. The Bertz CT molecular complexity index is 951. The number of nitrogens with zero attached hydrogens (tertiary/aromatic N) is 1. The zero-order chi connectivity index (χ0) is 23.6. The zero-order valence-corrected chi connectivity index (χ0v) is 20.8. The molecule has 33 heavy (non-hydrogen) atoms. The highest BCUT2D eigenvalue weighted by Gasteiger charge is 2.46. The molecule has 4 atom stereocenters. The van der Waals surface area contributed by atoms with Crippen LogP contribution in [0, 0.1) is 11.8 Å². The van der Waals surface area contributed by atoms with Crippen LogP contribution in [0.5, 0.6) is 5.75 Å². The molecule has 0 bridgehead atoms. The summed E-state index contributed by atoms with van der Waals surface area (Å²) in [5, 5.41) is 0. The molecule has 4 nitrogen and oxygen atoms in total. The fourth-order valence-corrected chi connectivity index (χ4v) is 5.48. The Morgan fingerprint density at radius 3 is 2.61 bits per heavy atom. The molecule has 0 radical (unpaired) electrons. The molecule has 0 saturated carbocycles. The molecule has 178 valence electrons. The fourth-order valence-electron chi connectivity index (χ4n) is 5.48. The summed E-state index contributed by atoms with van der Waals surface area (Å²) in [6, 6.07) is 19.3. The first-order valence-corrected chi connectivity index (χ1v) is 12.4. The second kappa shape index (κ2) is 9.50. The van der Waals surface area contributed by atoms with Crippen LogP contribution in [-0.4, -0.2) is 35.6 Å². The Kier molecular flexibility index (Phi) is 6.86. The van der Waals surface area contributed by atoms with E-state index in [-0.39, 0.29) is 17.3 Å². The van der Waals surface area contributed by atoms with Gasteiger partial charge in [0.2, 0.25) is 0 Å². The fraction of sp³-hybridized carbons (Fsp3) is 0.552. The molecule has 2 aromatic carbocycles. The van der Waals surface area contributed by atoms with Gasteiger partial charge in [0.15, 0.2) is 0 Å². The summed E-state index contributed by atoms with van der Waals surface area (Å²) in [6.45, 7) is 13.2. The lowest BCUT2D eigenvalue weighted by Gasteiger charge is -2.52. The van der Waals surface area contributed by atoms with Crippen molar-refractivity contribution in [3.8, 4) is 5.75 Å². The lowest BCUT2D eigenvalue weighted by molar-refractivity contribution is -0.163. The minimum absolute atomic E-state index is 0.00340. The second-order valence-electron chi connectivity index (χ2n) is 11.2. The normalized spacial score (nSPS) is 28.1. The molecule has 0 aliphatic carbocycles. The number of fused-ring (bicyclic) bond motifs is 1. The van der Waals surface area contributed by atoms with Gasteiger partial charge in [0.25, 0.3) is 0 Å². The van der Waals surface area contributed by atoms with Gasteiger partial charge in [0.05, 0.1) is 5.92 Å². The number of piperidine rings is 2. The van der Waals surface area contributed by atoms with Crippen molar-refractivity contribution < 1.29 is 14.3 Å². The van der Waals surface area contributed by atoms with Gasteiger partial charge in [-0.25, -0.2) is 0 Å². The van der Waals surface area contributed by atoms with E-state index in [2.05, 4.69) is 55.1 Å². The molecule has 2 fully saturated rings. The van der Waals surface area contributed by atoms with Gasteiger partial charge in [0.1, 0.15) is 18.0 Å². The third-order valence-corrected chi connectivity index (χ3v) is 7.58. The topological polar surface area (TPSA) is 38.8 Å². The molecule has 1 unspecified atom stereocenters. The average molecular weight is 450 g/mol. The molecule has 0 aromatic heterocycles. The smallest absolute Gasteiger partial charge is 0.309 e. The Hall–Kier alpha value is -2.33. The summed E-state index contributed by atoms with van der Waals surface area (Å²) in [5.74, 6) is 1.42. The summed E-state index contributed by atoms with van der Waals surface area (Å²) in [4.78, 5) is 15.4. The summed E-state index contributed by atoms with van der Waals surface area (Å²) in [6.07, 6.45) is 2.84. The van der Waals surface area contributed by atoms with Crippen LogP contribution in [0.2, 0.25) is 0 Å². The number of benzene rings is 2. The van der Waals surface area contributed by atoms with E-state index in [0.29, 0.717) is 18.6 Å². The van der Waals surface area contributed by atoms with Crippen molar-refractivity contribution >= 4 is 5.97 Å². The Balaban J connectivity index is 1.47. The zero-order valence-electron chi connectivity index (χ0n) is 20.8. The summed E-state index contributed by atoms with van der Waals surface area (Å²) >= 11 is 0. The molecular weight excluding hydrogens is 410 g/mol. The number of ether oxygens (including phenoxy) is 2. The van der Waals surface area contributed by atoms with Crippen molar-refractivity contribution in [2.45, 2.75) is 77.5 Å². The maximum atomic E-state index is 12.8. The molecule has 0 N–H and O–H groups in total. The van der Waals surface area contributed by atoms with Crippen LogP contribution in [0.15, 0.2) is 54.6 Å². The highest BCUT2D eigenvalue weighted by atomic mass is 16.6. The Morgan fingerprint density at radius 2 is 1.88 bits per heavy atom. The third kappa shape index (κ3) is 5.60. The molecule has 0 spiro atoms. The summed E-state index contributed by atoms with van der Waals surface area (Å²) < 4.78 is 11.9. The molecule has 0 amide bonds. The van der Waals surface area contributed by atoms with Crippen molar-refractivity contribution in [2.75, 3.05) is 13.1 Å². The molecule has 2 saturated heterocycles. The van der Waals surface area contributed by atoms with Crippen LogP contribution < -0.4 is 4.74 Å². The molecular formula is C29H39NO3. The number of carbonyl (C=O) groups excluding carboxylic acids is 1. The van der Waals surface area contributed by atoms with Crippen LogP contribution in [0.1, 0.15) is 65.0 Å². The first kappa shape index (κ1) is 23.8. The minimum Gasteiger partial charge on any atom is -0.489 e. The van der Waals surface area contributed by atoms with Crippen molar-refractivity contribution in [2.24, 2.45) is 11.8 Å². The highest BCUT2D eigenvalue weighted by molar-refractivity contribution is 5.73. The van der Waals surface area contributed by atoms with E-state index < -0.39 is 5.60 Å². The van der Waals surface area contributed by atoms with Crippen LogP contribution >= 0.6 is 0 Å². The number of rotatable bonds is 5. The van der Waals surface area contributed by atoms with Gasteiger partial charge in [-0.1, -0.05) is 56.3 Å². The van der Waals surface area contributed by atoms with Crippen LogP contribution in [-0.2, 0) is 21.6 Å². The van der Waals surface area contributed by atoms with Gasteiger partial charge in [-0.15, -0.1) is 0 Å². The number of hydrogen-bond acceptors (Lipinski definition) is 4. The molecule has 4 heteroatoms. The van der Waals surface area contributed by atoms with E-state index in [1.807, 2.05) is 39.0 Å². The van der Waals surface area contributed by atoms with Crippen LogP contribution in [0.4, 0.5) is 0 Å². The van der Waals surface area contributed by atoms with E-state index in [0.717, 1.165) is 38.1 Å². The first-order chi connectivity index (χ1) is 15.6. The summed E-state index contributed by atoms with van der Waals surface area (Å²) in [5.41, 5.74) is 2.12.